The van der Waals surface area contributed by atoms with E-state index in [9.17, 15) is 9.59 Å². The lowest BCUT2D eigenvalue weighted by Crippen LogP contribution is -2.18. The van der Waals surface area contributed by atoms with Crippen LogP contribution in [0.1, 0.15) is 241 Å². The lowest BCUT2D eigenvalue weighted by molar-refractivity contribution is -0.113. The Hall–Kier alpha value is -9.20. The van der Waals surface area contributed by atoms with E-state index in [1.165, 1.54) is 175 Å². The van der Waals surface area contributed by atoms with Crippen LogP contribution in [0.4, 0.5) is 0 Å². The van der Waals surface area contributed by atoms with E-state index < -0.39 is 11.6 Å². The number of fused-ring (bicyclic) bond motifs is 2. The second-order valence-corrected chi connectivity index (χ2v) is 32.7. The molecule has 0 saturated carbocycles. The molecule has 0 bridgehead atoms. The Morgan fingerprint density at radius 3 is 0.754 bits per heavy atom. The number of allylic oxidation sites excluding steroid dienone is 4. The number of hydrogen-bond acceptors (Lipinski definition) is 6. The molecule has 10 aromatic carbocycles. The highest BCUT2D eigenvalue weighted by atomic mass is 35.5. The SMILES string of the molecule is CCCCCCCCOc1cc(-c2cccc3c2CCCC3)c(OCCCCCCCC)cc1-c1ccc(-c2ccc(-c3ccc(C4=C(Cl)C(=O)C(c5ccc(-c6ccc(-c7ccc(-c8cc(OCCCCCCCC)c(-c9cccc%10c9CCCC%10)cc8OCCCCCCCC)cc7)cc6)cc5)=C(Cl)C4=O)cc3)cc2)cc1. The first-order chi connectivity index (χ1) is 56.1. The molecular formula is C106H118Cl2O6. The molecule has 8 heteroatoms. The van der Waals surface area contributed by atoms with Crippen LogP contribution < -0.4 is 18.9 Å². The molecule has 10 aromatic rings. The number of ketones is 2. The fourth-order valence-electron chi connectivity index (χ4n) is 17.0. The van der Waals surface area contributed by atoms with Crippen LogP contribution in [0.25, 0.3) is 100 Å². The Morgan fingerprint density at radius 1 is 0.246 bits per heavy atom. The molecule has 0 radical (unpaired) electrons. The summed E-state index contributed by atoms with van der Waals surface area (Å²) in [6.45, 7) is 11.8. The summed E-state index contributed by atoms with van der Waals surface area (Å²) < 4.78 is 27.5. The van der Waals surface area contributed by atoms with Crippen molar-refractivity contribution in [2.45, 2.75) is 233 Å². The maximum Gasteiger partial charge on any atom is 0.207 e. The van der Waals surface area contributed by atoms with E-state index in [1.807, 2.05) is 48.5 Å². The third-order valence-corrected chi connectivity index (χ3v) is 24.4. The molecule has 0 heterocycles. The van der Waals surface area contributed by atoms with Crippen LogP contribution >= 0.6 is 23.2 Å². The molecule has 0 amide bonds. The lowest BCUT2D eigenvalue weighted by Gasteiger charge is -2.23. The number of unbranched alkanes of at least 4 members (excludes halogenated alkanes) is 20. The predicted molar refractivity (Wildman–Crippen MR) is 481 cm³/mol. The largest absolute Gasteiger partial charge is 0.493 e. The molecule has 3 aliphatic rings. The van der Waals surface area contributed by atoms with E-state index in [1.54, 1.807) is 0 Å². The molecule has 0 aromatic heterocycles. The molecule has 0 fully saturated rings. The van der Waals surface area contributed by atoms with Crippen LogP contribution in [0, 0.1) is 0 Å². The van der Waals surface area contributed by atoms with Crippen molar-refractivity contribution in [2.24, 2.45) is 0 Å². The van der Waals surface area contributed by atoms with Crippen LogP contribution in [0.3, 0.4) is 0 Å². The van der Waals surface area contributed by atoms with Gasteiger partial charge in [-0.15, -0.1) is 0 Å². The quantitative estimate of drug-likeness (QED) is 0.0280. The van der Waals surface area contributed by atoms with Gasteiger partial charge in [-0.1, -0.05) is 361 Å². The smallest absolute Gasteiger partial charge is 0.207 e. The van der Waals surface area contributed by atoms with Crippen molar-refractivity contribution >= 4 is 45.9 Å². The van der Waals surface area contributed by atoms with E-state index in [0.717, 1.165) is 165 Å². The van der Waals surface area contributed by atoms with Gasteiger partial charge in [-0.3, -0.25) is 9.59 Å². The molecular weight excluding hydrogens is 1440 g/mol. The Labute approximate surface area is 691 Å². The van der Waals surface area contributed by atoms with Crippen molar-refractivity contribution in [1.82, 2.24) is 0 Å². The van der Waals surface area contributed by atoms with Gasteiger partial charge in [0.15, 0.2) is 0 Å². The number of halogens is 2. The Morgan fingerprint density at radius 2 is 0.474 bits per heavy atom. The van der Waals surface area contributed by atoms with Gasteiger partial charge in [0.05, 0.1) is 37.6 Å². The Balaban J connectivity index is 0.673. The second-order valence-electron chi connectivity index (χ2n) is 32.0. The molecule has 0 atom stereocenters. The van der Waals surface area contributed by atoms with E-state index in [0.29, 0.717) is 37.6 Å². The maximum absolute atomic E-state index is 14.3. The average molecular weight is 1560 g/mol. The van der Waals surface area contributed by atoms with Crippen LogP contribution in [-0.4, -0.2) is 38.0 Å². The maximum atomic E-state index is 14.3. The summed E-state index contributed by atoms with van der Waals surface area (Å²) in [5.41, 5.74) is 24.5. The van der Waals surface area contributed by atoms with Crippen molar-refractivity contribution < 1.29 is 28.5 Å². The summed E-state index contributed by atoms with van der Waals surface area (Å²) in [5, 5.41) is -0.305. The number of carbonyl (C=O) groups is 2. The molecule has 0 aliphatic heterocycles. The lowest BCUT2D eigenvalue weighted by atomic mass is 9.85. The third kappa shape index (κ3) is 21.1. The first-order valence-electron chi connectivity index (χ1n) is 43.7. The number of Topliss-reactive ketones (excluding diaryl/α,β-unsaturated/α-hetero) is 2. The highest BCUT2D eigenvalue weighted by molar-refractivity contribution is 6.68. The summed E-state index contributed by atoms with van der Waals surface area (Å²) >= 11 is 13.9. The third-order valence-electron chi connectivity index (χ3n) is 23.7. The van der Waals surface area contributed by atoms with Gasteiger partial charge in [0.1, 0.15) is 33.1 Å². The number of rotatable bonds is 42. The van der Waals surface area contributed by atoms with Gasteiger partial charge in [-0.25, -0.2) is 0 Å². The van der Waals surface area contributed by atoms with E-state index in [-0.39, 0.29) is 21.2 Å². The topological polar surface area (TPSA) is 71.1 Å². The van der Waals surface area contributed by atoms with E-state index in [2.05, 4.69) is 185 Å². The Bertz CT molecular complexity index is 4560. The molecule has 6 nitrogen and oxygen atoms in total. The highest BCUT2D eigenvalue weighted by Crippen LogP contribution is 2.48. The number of benzene rings is 10. The molecule has 114 heavy (non-hydrogen) atoms. The predicted octanol–water partition coefficient (Wildman–Crippen LogP) is 30.5. The molecule has 13 rings (SSSR count). The van der Waals surface area contributed by atoms with Gasteiger partial charge in [0, 0.05) is 22.3 Å². The standard InChI is InChI=1S/C106H118Cl2O6/c1-5-9-13-17-21-29-67-111-97-73-95(91-41-33-37-83-35-25-27-39-89(83)91)99(113-69-31-23-19-15-11-7-3)71-93(97)85-59-51-79(52-60-85)75-43-47-77(48-44-75)81-55-63-87(64-56-81)101-103(107)106(110)102(104(108)105(101)109)88-65-57-82(58-66-88)78-49-45-76(46-50-78)80-53-61-86(62-54-80)94-72-100(114-70-32-24-20-16-12-8-4)96(74-98(94)112-68-30-22-18-14-10-6-2)92-42-34-38-84-36-26-28-40-90(84)92/h33-34,37-38,41-66,71-74H,5-32,35-36,39-40,67-70H2,1-4H3. The zero-order chi connectivity index (χ0) is 78.8. The van der Waals surface area contributed by atoms with Crippen LogP contribution in [0.15, 0.2) is 216 Å². The van der Waals surface area contributed by atoms with Gasteiger partial charge in [-0.2, -0.15) is 0 Å². The molecule has 0 saturated heterocycles. The summed E-state index contributed by atoms with van der Waals surface area (Å²) in [5.74, 6) is 2.68. The van der Waals surface area contributed by atoms with Gasteiger partial charge < -0.3 is 18.9 Å². The summed E-state index contributed by atoms with van der Waals surface area (Å²) in [6, 6.07) is 72.7. The van der Waals surface area contributed by atoms with Crippen molar-refractivity contribution in [2.75, 3.05) is 26.4 Å². The van der Waals surface area contributed by atoms with Gasteiger partial charge in [0.25, 0.3) is 0 Å². The van der Waals surface area contributed by atoms with Crippen LogP contribution in [0.2, 0.25) is 0 Å². The monoisotopic (exact) mass is 1560 g/mol. The van der Waals surface area contributed by atoms with Crippen molar-refractivity contribution in [3.63, 3.8) is 0 Å². The number of ether oxygens (including phenoxy) is 4. The average Bonchev–Trinajstić information content (AvgIpc) is 0.775. The van der Waals surface area contributed by atoms with Crippen molar-refractivity contribution in [3.8, 4) is 112 Å². The van der Waals surface area contributed by atoms with E-state index >= 15 is 0 Å². The minimum absolute atomic E-state index is 0.0942. The molecule has 0 unspecified atom stereocenters. The summed E-state index contributed by atoms with van der Waals surface area (Å²) in [4.78, 5) is 28.6. The Kier molecular flexibility index (Phi) is 30.8. The fraction of sp³-hybridized carbons (Fsp3) is 0.377. The van der Waals surface area contributed by atoms with E-state index in [4.69, 9.17) is 42.1 Å². The van der Waals surface area contributed by atoms with Crippen LogP contribution in [-0.2, 0) is 35.3 Å². The second kappa shape index (κ2) is 42.4. The van der Waals surface area contributed by atoms with Gasteiger partial charge in [0.2, 0.25) is 11.6 Å². The normalized spacial score (nSPS) is 13.5. The van der Waals surface area contributed by atoms with Crippen LogP contribution in [0.5, 0.6) is 23.0 Å². The number of hydrogen-bond donors (Lipinski definition) is 0. The fourth-order valence-corrected chi connectivity index (χ4v) is 17.6. The zero-order valence-electron chi connectivity index (χ0n) is 68.3. The minimum atomic E-state index is -0.489. The van der Waals surface area contributed by atoms with Crippen molar-refractivity contribution in [3.05, 3.63) is 250 Å². The highest BCUT2D eigenvalue weighted by Gasteiger charge is 2.35. The van der Waals surface area contributed by atoms with Crippen molar-refractivity contribution in [1.29, 1.82) is 0 Å². The molecule has 3 aliphatic carbocycles. The molecule has 592 valence electrons. The number of aryl methyl sites for hydroxylation is 2. The first kappa shape index (κ1) is 82.8. The first-order valence-corrected chi connectivity index (χ1v) is 44.5. The zero-order valence-corrected chi connectivity index (χ0v) is 69.8. The number of carbonyl (C=O) groups excluding carboxylic acids is 2. The van der Waals surface area contributed by atoms with Gasteiger partial charge in [-0.05, 0) is 201 Å². The van der Waals surface area contributed by atoms with Gasteiger partial charge >= 0.3 is 0 Å². The summed E-state index contributed by atoms with van der Waals surface area (Å²) in [7, 11) is 0. The molecule has 0 N–H and O–H groups in total. The summed E-state index contributed by atoms with van der Waals surface area (Å²) in [6.07, 6.45) is 38.2. The minimum Gasteiger partial charge on any atom is -0.493 e. The molecule has 0 spiro atoms.